The number of hydrogen-bond acceptors (Lipinski definition) is 3. The Bertz CT molecular complexity index is 402. The number of nitrogens with two attached hydrogens (primary N) is 1. The van der Waals surface area contributed by atoms with Crippen LogP contribution in [0.3, 0.4) is 0 Å². The van der Waals surface area contributed by atoms with E-state index < -0.39 is 23.3 Å². The molecule has 0 aliphatic rings. The van der Waals surface area contributed by atoms with E-state index >= 15 is 0 Å². The summed E-state index contributed by atoms with van der Waals surface area (Å²) in [6, 6.07) is 2.93. The van der Waals surface area contributed by atoms with Crippen molar-refractivity contribution in [1.29, 1.82) is 0 Å². The largest absolute Gasteiger partial charge is 0.507 e. The van der Waals surface area contributed by atoms with E-state index in [1.165, 1.54) is 0 Å². The molecule has 6 heteroatoms. The molecule has 0 heterocycles. The summed E-state index contributed by atoms with van der Waals surface area (Å²) in [5, 5.41) is 9.34. The van der Waals surface area contributed by atoms with Gasteiger partial charge >= 0.3 is 6.18 Å². The first-order valence-electron chi connectivity index (χ1n) is 4.50. The Balaban J connectivity index is 3.19. The molecule has 1 aromatic carbocycles. The summed E-state index contributed by atoms with van der Waals surface area (Å²) in [6.07, 6.45) is -4.78. The first-order valence-corrected chi connectivity index (χ1v) is 4.50. The van der Waals surface area contributed by atoms with Crippen molar-refractivity contribution >= 4 is 5.78 Å². The van der Waals surface area contributed by atoms with Crippen molar-refractivity contribution < 1.29 is 23.1 Å². The molecular formula is C10H10F3NO2. The van der Waals surface area contributed by atoms with Crippen molar-refractivity contribution in [3.63, 3.8) is 0 Å². The average molecular weight is 233 g/mol. The number of halogens is 3. The lowest BCUT2D eigenvalue weighted by molar-refractivity contribution is -0.138. The topological polar surface area (TPSA) is 63.3 Å². The molecule has 3 nitrogen and oxygen atoms in total. The van der Waals surface area contributed by atoms with Crippen molar-refractivity contribution in [3.05, 3.63) is 29.3 Å². The zero-order valence-corrected chi connectivity index (χ0v) is 8.21. The fourth-order valence-corrected chi connectivity index (χ4v) is 1.26. The third-order valence-corrected chi connectivity index (χ3v) is 2.01. The van der Waals surface area contributed by atoms with Crippen LogP contribution in [0.2, 0.25) is 0 Å². The number of benzene rings is 1. The van der Waals surface area contributed by atoms with E-state index in [-0.39, 0.29) is 18.5 Å². The molecule has 0 saturated carbocycles. The number of hydrogen-bond donors (Lipinski definition) is 2. The van der Waals surface area contributed by atoms with Crippen molar-refractivity contribution in [2.24, 2.45) is 5.73 Å². The van der Waals surface area contributed by atoms with Gasteiger partial charge in [0, 0.05) is 6.42 Å². The molecule has 1 aromatic rings. The summed E-state index contributed by atoms with van der Waals surface area (Å²) < 4.78 is 37.1. The van der Waals surface area contributed by atoms with Gasteiger partial charge in [0.25, 0.3) is 0 Å². The van der Waals surface area contributed by atoms with Gasteiger partial charge < -0.3 is 10.8 Å². The lowest BCUT2D eigenvalue weighted by Gasteiger charge is -2.11. The summed E-state index contributed by atoms with van der Waals surface area (Å²) in [5.74, 6) is -1.64. The second-order valence-corrected chi connectivity index (χ2v) is 3.16. The van der Waals surface area contributed by atoms with Crippen LogP contribution in [-0.2, 0) is 6.18 Å². The van der Waals surface area contributed by atoms with Gasteiger partial charge in [-0.3, -0.25) is 4.79 Å². The molecule has 0 radical (unpaired) electrons. The zero-order chi connectivity index (χ0) is 12.3. The lowest BCUT2D eigenvalue weighted by Crippen LogP contribution is -2.11. The van der Waals surface area contributed by atoms with Crippen LogP contribution in [0.4, 0.5) is 13.2 Å². The minimum Gasteiger partial charge on any atom is -0.507 e. The Morgan fingerprint density at radius 1 is 1.38 bits per heavy atom. The second-order valence-electron chi connectivity index (χ2n) is 3.16. The highest BCUT2D eigenvalue weighted by Crippen LogP contribution is 2.37. The SMILES string of the molecule is NCCC(=O)c1cccc(C(F)(F)F)c1O. The second kappa shape index (κ2) is 4.52. The Hall–Kier alpha value is -1.56. The number of ketones is 1. The number of aromatic hydroxyl groups is 1. The molecule has 0 bridgehead atoms. The minimum atomic E-state index is -4.68. The van der Waals surface area contributed by atoms with E-state index in [1.807, 2.05) is 0 Å². The monoisotopic (exact) mass is 233 g/mol. The van der Waals surface area contributed by atoms with E-state index in [2.05, 4.69) is 0 Å². The molecule has 3 N–H and O–H groups in total. The van der Waals surface area contributed by atoms with Crippen LogP contribution in [0.1, 0.15) is 22.3 Å². The van der Waals surface area contributed by atoms with Crippen molar-refractivity contribution in [2.75, 3.05) is 6.54 Å². The third-order valence-electron chi connectivity index (χ3n) is 2.01. The Morgan fingerprint density at radius 3 is 2.50 bits per heavy atom. The molecule has 0 spiro atoms. The smallest absolute Gasteiger partial charge is 0.419 e. The first kappa shape index (κ1) is 12.5. The number of alkyl halides is 3. The van der Waals surface area contributed by atoms with Gasteiger partial charge in [0.05, 0.1) is 11.1 Å². The maximum atomic E-state index is 12.4. The highest BCUT2D eigenvalue weighted by atomic mass is 19.4. The summed E-state index contributed by atoms with van der Waals surface area (Å²) in [4.78, 5) is 11.3. The van der Waals surface area contributed by atoms with Crippen LogP contribution in [0.15, 0.2) is 18.2 Å². The molecule has 0 atom stereocenters. The number of Topliss-reactive ketones (excluding diaryl/α,β-unsaturated/α-hetero) is 1. The maximum Gasteiger partial charge on any atom is 0.419 e. The van der Waals surface area contributed by atoms with Gasteiger partial charge in [0.2, 0.25) is 0 Å². The van der Waals surface area contributed by atoms with Gasteiger partial charge in [-0.1, -0.05) is 6.07 Å². The van der Waals surface area contributed by atoms with Crippen molar-refractivity contribution in [3.8, 4) is 5.75 Å². The molecule has 0 fully saturated rings. The van der Waals surface area contributed by atoms with Gasteiger partial charge in [-0.15, -0.1) is 0 Å². The molecular weight excluding hydrogens is 223 g/mol. The minimum absolute atomic E-state index is 0.0223. The number of carbonyl (C=O) groups is 1. The number of para-hydroxylation sites is 1. The average Bonchev–Trinajstić information content (AvgIpc) is 2.16. The summed E-state index contributed by atoms with van der Waals surface area (Å²) >= 11 is 0. The van der Waals surface area contributed by atoms with Gasteiger partial charge in [0.1, 0.15) is 5.75 Å². The predicted octanol–water partition coefficient (Wildman–Crippen LogP) is 1.94. The standard InChI is InChI=1S/C10H10F3NO2/c11-10(12,13)7-3-1-2-6(9(7)16)8(15)4-5-14/h1-3,16H,4-5,14H2. The fourth-order valence-electron chi connectivity index (χ4n) is 1.26. The zero-order valence-electron chi connectivity index (χ0n) is 8.21. The van der Waals surface area contributed by atoms with Crippen LogP contribution in [0.5, 0.6) is 5.75 Å². The predicted molar refractivity (Wildman–Crippen MR) is 51.1 cm³/mol. The quantitative estimate of drug-likeness (QED) is 0.784. The van der Waals surface area contributed by atoms with E-state index in [0.717, 1.165) is 12.1 Å². The fraction of sp³-hybridized carbons (Fsp3) is 0.300. The van der Waals surface area contributed by atoms with Crippen LogP contribution < -0.4 is 5.73 Å². The molecule has 0 unspecified atom stereocenters. The maximum absolute atomic E-state index is 12.4. The molecule has 0 aliphatic carbocycles. The van der Waals surface area contributed by atoms with E-state index in [1.54, 1.807) is 0 Å². The molecule has 88 valence electrons. The Kier molecular flexibility index (Phi) is 3.54. The summed E-state index contributed by atoms with van der Waals surface area (Å²) in [5.41, 5.74) is 3.56. The summed E-state index contributed by atoms with van der Waals surface area (Å²) in [6.45, 7) is 0.0223. The van der Waals surface area contributed by atoms with Gasteiger partial charge in [0.15, 0.2) is 5.78 Å². The number of carbonyl (C=O) groups excluding carboxylic acids is 1. The normalized spacial score (nSPS) is 11.5. The highest BCUT2D eigenvalue weighted by Gasteiger charge is 2.35. The Morgan fingerprint density at radius 2 is 2.00 bits per heavy atom. The van der Waals surface area contributed by atoms with Crippen molar-refractivity contribution in [2.45, 2.75) is 12.6 Å². The molecule has 0 aromatic heterocycles. The molecule has 0 amide bonds. The molecule has 1 rings (SSSR count). The van der Waals surface area contributed by atoms with Crippen LogP contribution in [0, 0.1) is 0 Å². The number of phenols is 1. The lowest BCUT2D eigenvalue weighted by atomic mass is 10.0. The molecule has 16 heavy (non-hydrogen) atoms. The van der Waals surface area contributed by atoms with Crippen LogP contribution in [-0.4, -0.2) is 17.4 Å². The Labute approximate surface area is 89.7 Å². The molecule has 0 aliphatic heterocycles. The first-order chi connectivity index (χ1) is 7.38. The highest BCUT2D eigenvalue weighted by molar-refractivity contribution is 5.99. The van der Waals surface area contributed by atoms with Crippen molar-refractivity contribution in [1.82, 2.24) is 0 Å². The number of phenolic OH excluding ortho intramolecular Hbond substituents is 1. The molecule has 0 saturated heterocycles. The van der Waals surface area contributed by atoms with Gasteiger partial charge in [-0.2, -0.15) is 13.2 Å². The van der Waals surface area contributed by atoms with Gasteiger partial charge in [-0.05, 0) is 18.7 Å². The van der Waals surface area contributed by atoms with Crippen LogP contribution >= 0.6 is 0 Å². The third kappa shape index (κ3) is 2.52. The van der Waals surface area contributed by atoms with E-state index in [9.17, 15) is 23.1 Å². The van der Waals surface area contributed by atoms with E-state index in [0.29, 0.717) is 6.07 Å². The van der Waals surface area contributed by atoms with Crippen LogP contribution in [0.25, 0.3) is 0 Å². The summed E-state index contributed by atoms with van der Waals surface area (Å²) in [7, 11) is 0. The van der Waals surface area contributed by atoms with Gasteiger partial charge in [-0.25, -0.2) is 0 Å². The van der Waals surface area contributed by atoms with E-state index in [4.69, 9.17) is 5.73 Å². The number of rotatable bonds is 3.